The standard InChI is InChI=1S/C17H17F2NO/c1-11(2)16(12-6-4-3-5-7-12)20-17(21)13-8-14(18)10-15(19)9-13/h3-11,16H,1-2H3,(H,20,21)/t16-/m1/s1. The molecule has 0 saturated heterocycles. The van der Waals surface area contributed by atoms with Crippen LogP contribution in [-0.4, -0.2) is 5.91 Å². The maximum atomic E-state index is 13.2. The van der Waals surface area contributed by atoms with E-state index in [0.717, 1.165) is 23.8 Å². The SMILES string of the molecule is CC(C)[C@@H](NC(=O)c1cc(F)cc(F)c1)c1ccccc1. The third kappa shape index (κ3) is 3.88. The maximum Gasteiger partial charge on any atom is 0.251 e. The fraction of sp³-hybridized carbons (Fsp3) is 0.235. The lowest BCUT2D eigenvalue weighted by Gasteiger charge is -2.23. The van der Waals surface area contributed by atoms with Crippen molar-refractivity contribution in [3.05, 3.63) is 71.3 Å². The average molecular weight is 289 g/mol. The van der Waals surface area contributed by atoms with E-state index in [-0.39, 0.29) is 17.5 Å². The molecule has 0 unspecified atom stereocenters. The van der Waals surface area contributed by atoms with E-state index in [4.69, 9.17) is 0 Å². The van der Waals surface area contributed by atoms with Gasteiger partial charge in [-0.1, -0.05) is 44.2 Å². The van der Waals surface area contributed by atoms with Gasteiger partial charge in [-0.3, -0.25) is 4.79 Å². The fourth-order valence-electron chi connectivity index (χ4n) is 2.20. The molecule has 0 aliphatic rings. The van der Waals surface area contributed by atoms with Gasteiger partial charge in [-0.05, 0) is 23.6 Å². The fourth-order valence-corrected chi connectivity index (χ4v) is 2.20. The molecule has 1 amide bonds. The van der Waals surface area contributed by atoms with Gasteiger partial charge >= 0.3 is 0 Å². The Morgan fingerprint density at radius 2 is 1.57 bits per heavy atom. The minimum Gasteiger partial charge on any atom is -0.345 e. The topological polar surface area (TPSA) is 29.1 Å². The zero-order valence-corrected chi connectivity index (χ0v) is 11.9. The summed E-state index contributed by atoms with van der Waals surface area (Å²) in [6, 6.07) is 12.1. The second-order valence-electron chi connectivity index (χ2n) is 5.26. The molecule has 110 valence electrons. The van der Waals surface area contributed by atoms with Gasteiger partial charge in [-0.25, -0.2) is 8.78 Å². The summed E-state index contributed by atoms with van der Waals surface area (Å²) in [5.41, 5.74) is 0.937. The van der Waals surface area contributed by atoms with Gasteiger partial charge < -0.3 is 5.32 Å². The van der Waals surface area contributed by atoms with Crippen LogP contribution >= 0.6 is 0 Å². The minimum absolute atomic E-state index is 0.0194. The molecule has 0 spiro atoms. The lowest BCUT2D eigenvalue weighted by Crippen LogP contribution is -2.31. The van der Waals surface area contributed by atoms with Crippen LogP contribution in [-0.2, 0) is 0 Å². The molecule has 2 nitrogen and oxygen atoms in total. The van der Waals surface area contributed by atoms with Crippen molar-refractivity contribution in [3.63, 3.8) is 0 Å². The predicted molar refractivity (Wildman–Crippen MR) is 77.8 cm³/mol. The minimum atomic E-state index is -0.763. The van der Waals surface area contributed by atoms with E-state index in [1.807, 2.05) is 44.2 Å². The quantitative estimate of drug-likeness (QED) is 0.902. The van der Waals surface area contributed by atoms with Gasteiger partial charge in [0.05, 0.1) is 6.04 Å². The summed E-state index contributed by atoms with van der Waals surface area (Å²) in [5, 5.41) is 2.83. The summed E-state index contributed by atoms with van der Waals surface area (Å²) in [7, 11) is 0. The number of benzene rings is 2. The molecule has 2 aromatic rings. The van der Waals surface area contributed by atoms with Crippen molar-refractivity contribution < 1.29 is 13.6 Å². The maximum absolute atomic E-state index is 13.2. The number of nitrogens with one attached hydrogen (secondary N) is 1. The largest absolute Gasteiger partial charge is 0.345 e. The van der Waals surface area contributed by atoms with Crippen LogP contribution in [0.25, 0.3) is 0 Å². The van der Waals surface area contributed by atoms with Gasteiger partial charge in [0.2, 0.25) is 0 Å². The zero-order valence-electron chi connectivity index (χ0n) is 11.9. The van der Waals surface area contributed by atoms with Crippen LogP contribution in [0, 0.1) is 17.6 Å². The van der Waals surface area contributed by atoms with Crippen LogP contribution in [0.4, 0.5) is 8.78 Å². The highest BCUT2D eigenvalue weighted by Gasteiger charge is 2.19. The molecule has 2 aromatic carbocycles. The molecular weight excluding hydrogens is 272 g/mol. The Kier molecular flexibility index (Phi) is 4.68. The highest BCUT2D eigenvalue weighted by atomic mass is 19.1. The summed E-state index contributed by atoms with van der Waals surface area (Å²) in [6.45, 7) is 3.95. The van der Waals surface area contributed by atoms with Crippen LogP contribution in [0.5, 0.6) is 0 Å². The summed E-state index contributed by atoms with van der Waals surface area (Å²) >= 11 is 0. The van der Waals surface area contributed by atoms with E-state index in [9.17, 15) is 13.6 Å². The second kappa shape index (κ2) is 6.48. The first-order valence-corrected chi connectivity index (χ1v) is 6.79. The Hall–Kier alpha value is -2.23. The highest BCUT2D eigenvalue weighted by molar-refractivity contribution is 5.94. The number of amides is 1. The lowest BCUT2D eigenvalue weighted by atomic mass is 9.95. The van der Waals surface area contributed by atoms with Crippen molar-refractivity contribution in [1.29, 1.82) is 0 Å². The number of carbonyl (C=O) groups excluding carboxylic acids is 1. The Labute approximate surface area is 122 Å². The molecule has 0 fully saturated rings. The summed E-state index contributed by atoms with van der Waals surface area (Å²) in [4.78, 5) is 12.2. The zero-order chi connectivity index (χ0) is 15.4. The molecule has 1 N–H and O–H groups in total. The Bertz CT molecular complexity index is 606. The number of halogens is 2. The molecule has 0 heterocycles. The van der Waals surface area contributed by atoms with Crippen molar-refractivity contribution in [2.75, 3.05) is 0 Å². The van der Waals surface area contributed by atoms with Crippen molar-refractivity contribution in [1.82, 2.24) is 5.32 Å². The van der Waals surface area contributed by atoms with Crippen molar-refractivity contribution in [2.45, 2.75) is 19.9 Å². The van der Waals surface area contributed by atoms with Gasteiger partial charge in [0, 0.05) is 11.6 Å². The van der Waals surface area contributed by atoms with Crippen LogP contribution in [0.2, 0.25) is 0 Å². The Morgan fingerprint density at radius 3 is 2.10 bits per heavy atom. The number of rotatable bonds is 4. The van der Waals surface area contributed by atoms with Gasteiger partial charge in [-0.2, -0.15) is 0 Å². The van der Waals surface area contributed by atoms with Crippen LogP contribution in [0.3, 0.4) is 0 Å². The van der Waals surface area contributed by atoms with Crippen LogP contribution < -0.4 is 5.32 Å². The first kappa shape index (κ1) is 15.2. The van der Waals surface area contributed by atoms with Crippen molar-refractivity contribution in [2.24, 2.45) is 5.92 Å². The number of hydrogen-bond acceptors (Lipinski definition) is 1. The summed E-state index contributed by atoms with van der Waals surface area (Å²) in [5.74, 6) is -1.87. The van der Waals surface area contributed by atoms with Crippen LogP contribution in [0.1, 0.15) is 35.8 Å². The highest BCUT2D eigenvalue weighted by Crippen LogP contribution is 2.22. The lowest BCUT2D eigenvalue weighted by molar-refractivity contribution is 0.0924. The first-order chi connectivity index (χ1) is 9.97. The molecule has 1 atom stereocenters. The monoisotopic (exact) mass is 289 g/mol. The molecular formula is C17H17F2NO. The molecule has 0 aliphatic carbocycles. The Balaban J connectivity index is 2.23. The van der Waals surface area contributed by atoms with E-state index in [0.29, 0.717) is 0 Å². The van der Waals surface area contributed by atoms with Crippen LogP contribution in [0.15, 0.2) is 48.5 Å². The molecule has 0 saturated carbocycles. The van der Waals surface area contributed by atoms with Gasteiger partial charge in [0.15, 0.2) is 0 Å². The Morgan fingerprint density at radius 1 is 1.00 bits per heavy atom. The molecule has 0 aromatic heterocycles. The van der Waals surface area contributed by atoms with Crippen molar-refractivity contribution >= 4 is 5.91 Å². The van der Waals surface area contributed by atoms with Gasteiger partial charge in [0.25, 0.3) is 5.91 Å². The molecule has 0 radical (unpaired) electrons. The van der Waals surface area contributed by atoms with E-state index in [1.54, 1.807) is 0 Å². The summed E-state index contributed by atoms with van der Waals surface area (Å²) < 4.78 is 26.4. The molecule has 0 aliphatic heterocycles. The average Bonchev–Trinajstić information content (AvgIpc) is 2.44. The smallest absolute Gasteiger partial charge is 0.251 e. The van der Waals surface area contributed by atoms with E-state index in [1.165, 1.54) is 0 Å². The first-order valence-electron chi connectivity index (χ1n) is 6.79. The molecule has 21 heavy (non-hydrogen) atoms. The third-order valence-corrected chi connectivity index (χ3v) is 3.24. The molecule has 4 heteroatoms. The molecule has 0 bridgehead atoms. The van der Waals surface area contributed by atoms with Crippen molar-refractivity contribution in [3.8, 4) is 0 Å². The number of hydrogen-bond donors (Lipinski definition) is 1. The van der Waals surface area contributed by atoms with Gasteiger partial charge in [0.1, 0.15) is 11.6 Å². The number of carbonyl (C=O) groups is 1. The van der Waals surface area contributed by atoms with E-state index >= 15 is 0 Å². The molecule has 2 rings (SSSR count). The van der Waals surface area contributed by atoms with E-state index in [2.05, 4.69) is 5.32 Å². The third-order valence-electron chi connectivity index (χ3n) is 3.24. The second-order valence-corrected chi connectivity index (χ2v) is 5.26. The predicted octanol–water partition coefficient (Wildman–Crippen LogP) is 4.09. The van der Waals surface area contributed by atoms with E-state index < -0.39 is 17.5 Å². The summed E-state index contributed by atoms with van der Waals surface area (Å²) in [6.07, 6.45) is 0. The van der Waals surface area contributed by atoms with Gasteiger partial charge in [-0.15, -0.1) is 0 Å². The normalized spacial score (nSPS) is 12.2.